The van der Waals surface area contributed by atoms with Gasteiger partial charge in [-0.05, 0) is 23.0 Å². The van der Waals surface area contributed by atoms with E-state index in [0.29, 0.717) is 17.6 Å². The average Bonchev–Trinajstić information content (AvgIpc) is 2.33. The summed E-state index contributed by atoms with van der Waals surface area (Å²) < 4.78 is 26.8. The summed E-state index contributed by atoms with van der Waals surface area (Å²) in [6.07, 6.45) is 2.78. The van der Waals surface area contributed by atoms with Gasteiger partial charge >= 0.3 is 0 Å². The van der Waals surface area contributed by atoms with Gasteiger partial charge in [0.2, 0.25) is 10.0 Å². The maximum Gasteiger partial charge on any atom is 0.246 e. The van der Waals surface area contributed by atoms with Crippen LogP contribution in [0.5, 0.6) is 0 Å². The molecule has 0 saturated carbocycles. The van der Waals surface area contributed by atoms with Crippen LogP contribution in [0.1, 0.15) is 0 Å². The van der Waals surface area contributed by atoms with E-state index < -0.39 is 10.0 Å². The van der Waals surface area contributed by atoms with Gasteiger partial charge in [0.15, 0.2) is 0 Å². The second-order valence-electron chi connectivity index (χ2n) is 4.24. The lowest BCUT2D eigenvalue weighted by molar-refractivity contribution is 0.222. The molecule has 0 atom stereocenters. The summed E-state index contributed by atoms with van der Waals surface area (Å²) in [6, 6.07) is 0. The molecule has 1 aromatic rings. The molecule has 0 spiro atoms. The fraction of sp³-hybridized carbons (Fsp3) is 0.500. The summed E-state index contributed by atoms with van der Waals surface area (Å²) in [5, 5.41) is 0. The molecule has 2 rings (SSSR count). The lowest BCUT2D eigenvalue weighted by Gasteiger charge is -2.31. The summed E-state index contributed by atoms with van der Waals surface area (Å²) in [6.45, 7) is 2.40. The standard InChI is InChI=1S/C10H15BrN4O2S/c1-14-2-4-15(5-3-14)18(16,17)9-7-13-6-8(11)10(9)12/h6-7H,2-5H2,1H3,(H2,12,13). The Morgan fingerprint density at radius 1 is 1.28 bits per heavy atom. The number of nitrogen functional groups attached to an aromatic ring is 1. The molecule has 0 amide bonds. The molecular weight excluding hydrogens is 320 g/mol. The van der Waals surface area contributed by atoms with Gasteiger partial charge in [0.25, 0.3) is 0 Å². The van der Waals surface area contributed by atoms with Crippen LogP contribution in [0.2, 0.25) is 0 Å². The number of likely N-dealkylation sites (N-methyl/N-ethyl adjacent to an activating group) is 1. The molecule has 6 nitrogen and oxygen atoms in total. The number of sulfonamides is 1. The summed E-state index contributed by atoms with van der Waals surface area (Å²) in [5.41, 5.74) is 6.01. The van der Waals surface area contributed by atoms with E-state index in [0.717, 1.165) is 13.1 Å². The normalized spacial score (nSPS) is 19.0. The van der Waals surface area contributed by atoms with Crippen LogP contribution in [0.25, 0.3) is 0 Å². The predicted octanol–water partition coefficient (Wildman–Crippen LogP) is 0.362. The number of pyridine rings is 1. The molecule has 0 aromatic carbocycles. The minimum atomic E-state index is -3.55. The Labute approximate surface area is 115 Å². The first-order valence-electron chi connectivity index (χ1n) is 5.50. The Bertz CT molecular complexity index is 541. The Balaban J connectivity index is 2.34. The van der Waals surface area contributed by atoms with Gasteiger partial charge in [0, 0.05) is 38.6 Å². The van der Waals surface area contributed by atoms with Crippen molar-refractivity contribution in [2.45, 2.75) is 4.90 Å². The first-order valence-corrected chi connectivity index (χ1v) is 7.74. The summed E-state index contributed by atoms with van der Waals surface area (Å²) in [4.78, 5) is 6.04. The van der Waals surface area contributed by atoms with Crippen molar-refractivity contribution in [3.63, 3.8) is 0 Å². The van der Waals surface area contributed by atoms with Gasteiger partial charge in [-0.3, -0.25) is 4.98 Å². The number of nitrogens with zero attached hydrogens (tertiary/aromatic N) is 3. The number of hydrogen-bond acceptors (Lipinski definition) is 5. The zero-order valence-electron chi connectivity index (χ0n) is 10.0. The zero-order valence-corrected chi connectivity index (χ0v) is 12.4. The third kappa shape index (κ3) is 2.51. The summed E-state index contributed by atoms with van der Waals surface area (Å²) in [7, 11) is -1.58. The topological polar surface area (TPSA) is 79.5 Å². The third-order valence-corrected chi connectivity index (χ3v) is 5.54. The lowest BCUT2D eigenvalue weighted by Crippen LogP contribution is -2.47. The van der Waals surface area contributed by atoms with Gasteiger partial charge in [-0.25, -0.2) is 8.42 Å². The highest BCUT2D eigenvalue weighted by Crippen LogP contribution is 2.28. The second-order valence-corrected chi connectivity index (χ2v) is 7.00. The van der Waals surface area contributed by atoms with Crippen molar-refractivity contribution in [3.05, 3.63) is 16.9 Å². The number of piperazine rings is 1. The van der Waals surface area contributed by atoms with Crippen molar-refractivity contribution in [1.82, 2.24) is 14.2 Å². The van der Waals surface area contributed by atoms with E-state index in [1.807, 2.05) is 7.05 Å². The summed E-state index contributed by atoms with van der Waals surface area (Å²) in [5.74, 6) is 0. The second kappa shape index (κ2) is 5.12. The van der Waals surface area contributed by atoms with Crippen molar-refractivity contribution in [2.75, 3.05) is 39.0 Å². The highest BCUT2D eigenvalue weighted by atomic mass is 79.9. The molecule has 0 bridgehead atoms. The number of hydrogen-bond donors (Lipinski definition) is 1. The fourth-order valence-electron chi connectivity index (χ4n) is 1.80. The zero-order chi connectivity index (χ0) is 13.3. The van der Waals surface area contributed by atoms with Crippen LogP contribution in [-0.2, 0) is 10.0 Å². The smallest absolute Gasteiger partial charge is 0.246 e. The van der Waals surface area contributed by atoms with Gasteiger partial charge in [-0.15, -0.1) is 0 Å². The van der Waals surface area contributed by atoms with E-state index in [1.165, 1.54) is 16.7 Å². The van der Waals surface area contributed by atoms with Gasteiger partial charge in [0.1, 0.15) is 4.90 Å². The van der Waals surface area contributed by atoms with Crippen molar-refractivity contribution in [1.29, 1.82) is 0 Å². The molecule has 1 saturated heterocycles. The molecule has 0 unspecified atom stereocenters. The predicted molar refractivity (Wildman–Crippen MR) is 72.6 cm³/mol. The molecule has 1 aliphatic rings. The molecular formula is C10H15BrN4O2S. The third-order valence-electron chi connectivity index (χ3n) is 2.98. The maximum atomic E-state index is 12.4. The van der Waals surface area contributed by atoms with Crippen LogP contribution in [0.4, 0.5) is 5.69 Å². The quantitative estimate of drug-likeness (QED) is 0.844. The summed E-state index contributed by atoms with van der Waals surface area (Å²) >= 11 is 3.19. The molecule has 1 aromatic heterocycles. The number of nitrogens with two attached hydrogens (primary N) is 1. The number of rotatable bonds is 2. The first kappa shape index (κ1) is 13.7. The van der Waals surface area contributed by atoms with Crippen molar-refractivity contribution >= 4 is 31.6 Å². The molecule has 0 radical (unpaired) electrons. The van der Waals surface area contributed by atoms with E-state index in [1.54, 1.807) is 0 Å². The van der Waals surface area contributed by atoms with Crippen LogP contribution in [0, 0.1) is 0 Å². The van der Waals surface area contributed by atoms with Crippen molar-refractivity contribution in [2.24, 2.45) is 0 Å². The molecule has 18 heavy (non-hydrogen) atoms. The maximum absolute atomic E-state index is 12.4. The Morgan fingerprint density at radius 2 is 1.89 bits per heavy atom. The minimum Gasteiger partial charge on any atom is -0.397 e. The molecule has 2 N–H and O–H groups in total. The van der Waals surface area contributed by atoms with Crippen LogP contribution >= 0.6 is 15.9 Å². The Hall–Kier alpha value is -0.700. The van der Waals surface area contributed by atoms with E-state index in [4.69, 9.17) is 5.73 Å². The Morgan fingerprint density at radius 3 is 2.50 bits per heavy atom. The van der Waals surface area contributed by atoms with E-state index in [9.17, 15) is 8.42 Å². The Kier molecular flexibility index (Phi) is 3.90. The van der Waals surface area contributed by atoms with E-state index in [-0.39, 0.29) is 10.6 Å². The number of aromatic nitrogens is 1. The van der Waals surface area contributed by atoms with Gasteiger partial charge in [-0.1, -0.05) is 0 Å². The molecule has 2 heterocycles. The van der Waals surface area contributed by atoms with Gasteiger partial charge < -0.3 is 10.6 Å². The molecule has 1 fully saturated rings. The van der Waals surface area contributed by atoms with Crippen LogP contribution in [-0.4, -0.2) is 55.8 Å². The van der Waals surface area contributed by atoms with Crippen LogP contribution in [0.15, 0.2) is 21.8 Å². The van der Waals surface area contributed by atoms with Crippen molar-refractivity contribution in [3.8, 4) is 0 Å². The fourth-order valence-corrected chi connectivity index (χ4v) is 3.77. The minimum absolute atomic E-state index is 0.0708. The van der Waals surface area contributed by atoms with Crippen LogP contribution < -0.4 is 5.73 Å². The molecule has 100 valence electrons. The monoisotopic (exact) mass is 334 g/mol. The first-order chi connectivity index (χ1) is 8.43. The highest BCUT2D eigenvalue weighted by molar-refractivity contribution is 9.10. The molecule has 8 heteroatoms. The van der Waals surface area contributed by atoms with Crippen molar-refractivity contribution < 1.29 is 8.42 Å². The van der Waals surface area contributed by atoms with Gasteiger partial charge in [-0.2, -0.15) is 4.31 Å². The van der Waals surface area contributed by atoms with E-state index in [2.05, 4.69) is 25.8 Å². The molecule has 0 aliphatic carbocycles. The number of anilines is 1. The highest BCUT2D eigenvalue weighted by Gasteiger charge is 2.29. The molecule has 1 aliphatic heterocycles. The van der Waals surface area contributed by atoms with Crippen LogP contribution in [0.3, 0.4) is 0 Å². The number of halogens is 1. The largest absolute Gasteiger partial charge is 0.397 e. The average molecular weight is 335 g/mol. The van der Waals surface area contributed by atoms with Gasteiger partial charge in [0.05, 0.1) is 10.2 Å². The SMILES string of the molecule is CN1CCN(S(=O)(=O)c2cncc(Br)c2N)CC1. The lowest BCUT2D eigenvalue weighted by atomic mass is 10.4. The van der Waals surface area contributed by atoms with E-state index >= 15 is 0 Å².